The highest BCUT2D eigenvalue weighted by Gasteiger charge is 2.36. The van der Waals surface area contributed by atoms with E-state index in [1.54, 1.807) is 12.4 Å². The van der Waals surface area contributed by atoms with Gasteiger partial charge in [-0.1, -0.05) is 6.42 Å². The van der Waals surface area contributed by atoms with Crippen LogP contribution >= 0.6 is 0 Å². The van der Waals surface area contributed by atoms with Gasteiger partial charge in [0.15, 0.2) is 0 Å². The molecule has 2 aliphatic rings. The van der Waals surface area contributed by atoms with Gasteiger partial charge in [-0.05, 0) is 25.8 Å². The van der Waals surface area contributed by atoms with Crippen LogP contribution in [-0.4, -0.2) is 45.9 Å². The summed E-state index contributed by atoms with van der Waals surface area (Å²) >= 11 is 0. The summed E-state index contributed by atoms with van der Waals surface area (Å²) in [6.07, 6.45) is 9.47. The molecule has 2 aliphatic heterocycles. The Labute approximate surface area is 107 Å². The predicted molar refractivity (Wildman–Crippen MR) is 67.1 cm³/mol. The zero-order chi connectivity index (χ0) is 12.4. The van der Waals surface area contributed by atoms with Crippen molar-refractivity contribution in [2.45, 2.75) is 37.8 Å². The average Bonchev–Trinajstić information content (AvgIpc) is 2.83. The smallest absolute Gasteiger partial charge is 0.271 e. The molecule has 1 N–H and O–H groups in total. The van der Waals surface area contributed by atoms with Crippen LogP contribution in [0, 0.1) is 0 Å². The molecule has 1 aromatic rings. The fourth-order valence-corrected chi connectivity index (χ4v) is 3.07. The molecule has 0 saturated carbocycles. The van der Waals surface area contributed by atoms with Gasteiger partial charge in [-0.3, -0.25) is 14.7 Å². The third-order valence-electron chi connectivity index (χ3n) is 3.97. The van der Waals surface area contributed by atoms with Crippen molar-refractivity contribution in [3.05, 3.63) is 24.3 Å². The summed E-state index contributed by atoms with van der Waals surface area (Å²) in [4.78, 5) is 22.5. The number of carbonyl (C=O) groups is 1. The third kappa shape index (κ3) is 2.22. The summed E-state index contributed by atoms with van der Waals surface area (Å²) in [7, 11) is 0. The Morgan fingerprint density at radius 3 is 3.06 bits per heavy atom. The van der Waals surface area contributed by atoms with Crippen molar-refractivity contribution in [1.29, 1.82) is 0 Å². The molecule has 18 heavy (non-hydrogen) atoms. The van der Waals surface area contributed by atoms with Gasteiger partial charge in [0.25, 0.3) is 5.91 Å². The molecule has 1 aromatic heterocycles. The molecule has 2 atom stereocenters. The fraction of sp³-hybridized carbons (Fsp3) is 0.615. The maximum absolute atomic E-state index is 12.0. The molecule has 0 spiro atoms. The second kappa shape index (κ2) is 5.02. The van der Waals surface area contributed by atoms with E-state index in [2.05, 4.69) is 20.2 Å². The van der Waals surface area contributed by atoms with Gasteiger partial charge in [-0.2, -0.15) is 0 Å². The zero-order valence-corrected chi connectivity index (χ0v) is 10.4. The Morgan fingerprint density at radius 2 is 2.22 bits per heavy atom. The lowest BCUT2D eigenvalue weighted by Crippen LogP contribution is -2.46. The van der Waals surface area contributed by atoms with Crippen molar-refractivity contribution in [2.75, 3.05) is 13.1 Å². The van der Waals surface area contributed by atoms with E-state index in [1.807, 2.05) is 0 Å². The molecule has 3 rings (SSSR count). The van der Waals surface area contributed by atoms with E-state index in [1.165, 1.54) is 32.0 Å². The lowest BCUT2D eigenvalue weighted by atomic mass is 9.99. The van der Waals surface area contributed by atoms with E-state index >= 15 is 0 Å². The van der Waals surface area contributed by atoms with Crippen LogP contribution in [0.3, 0.4) is 0 Å². The Hall–Kier alpha value is -1.49. The van der Waals surface area contributed by atoms with Crippen molar-refractivity contribution in [2.24, 2.45) is 0 Å². The Morgan fingerprint density at radius 1 is 1.28 bits per heavy atom. The molecule has 5 nitrogen and oxygen atoms in total. The minimum absolute atomic E-state index is 0.0967. The number of fused-ring (bicyclic) bond motifs is 1. The summed E-state index contributed by atoms with van der Waals surface area (Å²) in [5.74, 6) is -0.0967. The Bertz CT molecular complexity index is 422. The minimum atomic E-state index is -0.0967. The lowest BCUT2D eigenvalue weighted by molar-refractivity contribution is 0.0910. The quantitative estimate of drug-likeness (QED) is 0.840. The molecule has 2 fully saturated rings. The summed E-state index contributed by atoms with van der Waals surface area (Å²) in [6, 6.07) is 0.805. The second-order valence-electron chi connectivity index (χ2n) is 5.06. The van der Waals surface area contributed by atoms with Crippen LogP contribution in [0.2, 0.25) is 0 Å². The average molecular weight is 246 g/mol. The van der Waals surface area contributed by atoms with E-state index in [4.69, 9.17) is 0 Å². The number of hydrogen-bond donors (Lipinski definition) is 1. The monoisotopic (exact) mass is 246 g/mol. The molecule has 0 aliphatic carbocycles. The van der Waals surface area contributed by atoms with Gasteiger partial charge in [0.1, 0.15) is 5.69 Å². The Kier molecular flexibility index (Phi) is 3.23. The number of aromatic nitrogens is 2. The largest absolute Gasteiger partial charge is 0.346 e. The van der Waals surface area contributed by atoms with Gasteiger partial charge in [-0.15, -0.1) is 0 Å². The van der Waals surface area contributed by atoms with Gasteiger partial charge in [-0.25, -0.2) is 4.98 Å². The first-order valence-electron chi connectivity index (χ1n) is 6.65. The molecular formula is C13H18N4O. The molecule has 0 aromatic carbocycles. The van der Waals surface area contributed by atoms with Crippen molar-refractivity contribution in [3.8, 4) is 0 Å². The van der Waals surface area contributed by atoms with Gasteiger partial charge in [0, 0.05) is 31.0 Å². The highest BCUT2D eigenvalue weighted by atomic mass is 16.2. The molecule has 5 heteroatoms. The first-order valence-corrected chi connectivity index (χ1v) is 6.65. The van der Waals surface area contributed by atoms with Crippen LogP contribution in [0.5, 0.6) is 0 Å². The second-order valence-corrected chi connectivity index (χ2v) is 5.06. The Balaban J connectivity index is 1.65. The maximum Gasteiger partial charge on any atom is 0.271 e. The van der Waals surface area contributed by atoms with E-state index in [0.717, 1.165) is 13.0 Å². The van der Waals surface area contributed by atoms with Crippen LogP contribution in [0.1, 0.15) is 36.2 Å². The molecule has 2 unspecified atom stereocenters. The van der Waals surface area contributed by atoms with E-state index in [0.29, 0.717) is 11.7 Å². The van der Waals surface area contributed by atoms with Crippen LogP contribution < -0.4 is 5.32 Å². The lowest BCUT2D eigenvalue weighted by Gasteiger charge is -2.32. The molecule has 0 radical (unpaired) electrons. The minimum Gasteiger partial charge on any atom is -0.346 e. The van der Waals surface area contributed by atoms with Crippen molar-refractivity contribution in [1.82, 2.24) is 20.2 Å². The third-order valence-corrected chi connectivity index (χ3v) is 3.97. The SMILES string of the molecule is O=C(NC1CCN2CCCCC12)c1cnccn1. The predicted octanol–water partition coefficient (Wildman–Crippen LogP) is 0.833. The van der Waals surface area contributed by atoms with Crippen molar-refractivity contribution < 1.29 is 4.79 Å². The highest BCUT2D eigenvalue weighted by molar-refractivity contribution is 5.92. The van der Waals surface area contributed by atoms with Gasteiger partial charge >= 0.3 is 0 Å². The molecular weight excluding hydrogens is 228 g/mol. The van der Waals surface area contributed by atoms with Crippen LogP contribution in [-0.2, 0) is 0 Å². The number of nitrogens with one attached hydrogen (secondary N) is 1. The van der Waals surface area contributed by atoms with E-state index in [9.17, 15) is 4.79 Å². The number of carbonyl (C=O) groups excluding carboxylic acids is 1. The highest BCUT2D eigenvalue weighted by Crippen LogP contribution is 2.27. The van der Waals surface area contributed by atoms with Crippen LogP contribution in [0.25, 0.3) is 0 Å². The molecule has 2 saturated heterocycles. The summed E-state index contributed by atoms with van der Waals surface area (Å²) in [6.45, 7) is 2.29. The van der Waals surface area contributed by atoms with Gasteiger partial charge in [0.2, 0.25) is 0 Å². The molecule has 96 valence electrons. The normalized spacial score (nSPS) is 27.8. The summed E-state index contributed by atoms with van der Waals surface area (Å²) in [5, 5.41) is 3.11. The molecule has 0 bridgehead atoms. The van der Waals surface area contributed by atoms with Gasteiger partial charge < -0.3 is 5.32 Å². The summed E-state index contributed by atoms with van der Waals surface area (Å²) in [5.41, 5.74) is 0.409. The number of nitrogens with zero attached hydrogens (tertiary/aromatic N) is 3. The van der Waals surface area contributed by atoms with Crippen LogP contribution in [0.15, 0.2) is 18.6 Å². The topological polar surface area (TPSA) is 58.1 Å². The standard InChI is InChI=1S/C13H18N4O/c18-13(11-9-14-5-6-15-11)16-10-4-8-17-7-2-1-3-12(10)17/h5-6,9-10,12H,1-4,7-8H2,(H,16,18). The van der Waals surface area contributed by atoms with Gasteiger partial charge in [0.05, 0.1) is 6.20 Å². The number of rotatable bonds is 2. The molecule has 1 amide bonds. The zero-order valence-electron chi connectivity index (χ0n) is 10.4. The first kappa shape index (κ1) is 11.6. The first-order chi connectivity index (χ1) is 8.84. The van der Waals surface area contributed by atoms with Crippen LogP contribution in [0.4, 0.5) is 0 Å². The van der Waals surface area contributed by atoms with Crippen molar-refractivity contribution >= 4 is 5.91 Å². The molecule has 3 heterocycles. The van der Waals surface area contributed by atoms with E-state index < -0.39 is 0 Å². The number of piperidine rings is 1. The maximum atomic E-state index is 12.0. The fourth-order valence-electron chi connectivity index (χ4n) is 3.07. The number of amides is 1. The number of hydrogen-bond acceptors (Lipinski definition) is 4. The summed E-state index contributed by atoms with van der Waals surface area (Å²) < 4.78 is 0. The van der Waals surface area contributed by atoms with Crippen molar-refractivity contribution in [3.63, 3.8) is 0 Å². The van der Waals surface area contributed by atoms with E-state index in [-0.39, 0.29) is 11.9 Å².